The lowest BCUT2D eigenvalue weighted by molar-refractivity contribution is -0.130. The summed E-state index contributed by atoms with van der Waals surface area (Å²) in [5.41, 5.74) is -0.109. The van der Waals surface area contributed by atoms with Crippen LogP contribution in [-0.4, -0.2) is 23.4 Å². The largest absolute Gasteiger partial charge is 0.325 e. The summed E-state index contributed by atoms with van der Waals surface area (Å²) in [6.07, 6.45) is 1.54. The van der Waals surface area contributed by atoms with Crippen molar-refractivity contribution in [2.45, 2.75) is 12.5 Å². The first-order valence-electron chi connectivity index (χ1n) is 4.87. The molecule has 16 heavy (non-hydrogen) atoms. The summed E-state index contributed by atoms with van der Waals surface area (Å²) in [5.74, 6) is -0.226. The Morgan fingerprint density at radius 2 is 2.38 bits per heavy atom. The second-order valence-electron chi connectivity index (χ2n) is 3.77. The Labute approximate surface area is 97.6 Å². The highest BCUT2D eigenvalue weighted by Crippen LogP contribution is 2.29. The smallest absolute Gasteiger partial charge is 0.319 e. The molecule has 2 heterocycles. The van der Waals surface area contributed by atoms with Gasteiger partial charge < -0.3 is 5.32 Å². The second kappa shape index (κ2) is 3.75. The molecule has 1 saturated heterocycles. The van der Waals surface area contributed by atoms with Crippen molar-refractivity contribution in [3.05, 3.63) is 35.0 Å². The van der Waals surface area contributed by atoms with Crippen molar-refractivity contribution in [1.82, 2.24) is 10.2 Å². The Hall–Kier alpha value is -1.62. The van der Waals surface area contributed by atoms with Crippen LogP contribution in [0.15, 0.2) is 29.5 Å². The van der Waals surface area contributed by atoms with Gasteiger partial charge in [0.15, 0.2) is 0 Å². The average Bonchev–Trinajstić information content (AvgIpc) is 2.83. The molecule has 0 aromatic carbocycles. The van der Waals surface area contributed by atoms with Crippen molar-refractivity contribution in [3.63, 3.8) is 0 Å². The van der Waals surface area contributed by atoms with Gasteiger partial charge in [-0.15, -0.1) is 6.58 Å². The number of imide groups is 1. The number of nitrogens with one attached hydrogen (secondary N) is 1. The van der Waals surface area contributed by atoms with Crippen LogP contribution in [-0.2, 0) is 10.3 Å². The fourth-order valence-corrected chi connectivity index (χ4v) is 2.50. The number of thiophene rings is 1. The SMILES string of the molecule is C=CCN1C(=O)NC(C)(c2ccsc2)C1=O. The standard InChI is InChI=1S/C11H12N2O2S/c1-3-5-13-9(14)11(2,12-10(13)15)8-4-6-16-7-8/h3-4,6-7H,1,5H2,2H3,(H,12,15). The molecule has 0 saturated carbocycles. The molecule has 1 N–H and O–H groups in total. The number of carbonyl (C=O) groups is 2. The summed E-state index contributed by atoms with van der Waals surface area (Å²) < 4.78 is 0. The number of carbonyl (C=O) groups excluding carboxylic acids is 2. The third kappa shape index (κ3) is 1.44. The van der Waals surface area contributed by atoms with Crippen LogP contribution in [0.1, 0.15) is 12.5 Å². The lowest BCUT2D eigenvalue weighted by Gasteiger charge is -2.20. The molecule has 5 heteroatoms. The molecule has 2 rings (SSSR count). The van der Waals surface area contributed by atoms with Crippen LogP contribution >= 0.6 is 11.3 Å². The normalized spacial score (nSPS) is 24.7. The molecule has 1 aliphatic heterocycles. The van der Waals surface area contributed by atoms with E-state index in [2.05, 4.69) is 11.9 Å². The second-order valence-corrected chi connectivity index (χ2v) is 4.55. The van der Waals surface area contributed by atoms with Crippen LogP contribution in [0.5, 0.6) is 0 Å². The van der Waals surface area contributed by atoms with Crippen molar-refractivity contribution < 1.29 is 9.59 Å². The van der Waals surface area contributed by atoms with E-state index in [-0.39, 0.29) is 18.5 Å². The van der Waals surface area contributed by atoms with E-state index in [4.69, 9.17) is 0 Å². The van der Waals surface area contributed by atoms with Gasteiger partial charge in [0, 0.05) is 6.54 Å². The molecule has 4 nitrogen and oxygen atoms in total. The van der Waals surface area contributed by atoms with Gasteiger partial charge in [0.1, 0.15) is 5.54 Å². The summed E-state index contributed by atoms with van der Waals surface area (Å²) >= 11 is 1.50. The Bertz CT molecular complexity index is 441. The fourth-order valence-electron chi connectivity index (χ4n) is 1.74. The number of urea groups is 1. The first kappa shape index (κ1) is 10.9. The van der Waals surface area contributed by atoms with Gasteiger partial charge in [0.2, 0.25) is 0 Å². The highest BCUT2D eigenvalue weighted by Gasteiger charge is 2.48. The Morgan fingerprint density at radius 1 is 1.62 bits per heavy atom. The van der Waals surface area contributed by atoms with Crippen LogP contribution in [0, 0.1) is 0 Å². The minimum absolute atomic E-state index is 0.226. The molecule has 1 aliphatic rings. The van der Waals surface area contributed by atoms with Crippen LogP contribution in [0.4, 0.5) is 4.79 Å². The number of hydrogen-bond acceptors (Lipinski definition) is 3. The topological polar surface area (TPSA) is 49.4 Å². The van der Waals surface area contributed by atoms with Crippen molar-refractivity contribution >= 4 is 23.3 Å². The average molecular weight is 236 g/mol. The van der Waals surface area contributed by atoms with E-state index in [1.54, 1.807) is 6.92 Å². The molecule has 1 fully saturated rings. The molecule has 3 amide bonds. The van der Waals surface area contributed by atoms with Gasteiger partial charge in [0.25, 0.3) is 5.91 Å². The van der Waals surface area contributed by atoms with E-state index in [1.807, 2.05) is 16.8 Å². The van der Waals surface area contributed by atoms with Crippen LogP contribution in [0.25, 0.3) is 0 Å². The third-order valence-corrected chi connectivity index (χ3v) is 3.37. The predicted molar refractivity (Wildman–Crippen MR) is 62.1 cm³/mol. The molecule has 1 aromatic heterocycles. The fraction of sp³-hybridized carbons (Fsp3) is 0.273. The van der Waals surface area contributed by atoms with Gasteiger partial charge in [-0.1, -0.05) is 6.08 Å². The quantitative estimate of drug-likeness (QED) is 0.641. The summed E-state index contributed by atoms with van der Waals surface area (Å²) in [6.45, 7) is 5.49. The molecule has 1 unspecified atom stereocenters. The van der Waals surface area contributed by atoms with Gasteiger partial charge in [-0.25, -0.2) is 4.79 Å². The molecule has 0 bridgehead atoms. The summed E-state index contributed by atoms with van der Waals surface area (Å²) in [5, 5.41) is 6.47. The van der Waals surface area contributed by atoms with E-state index in [1.165, 1.54) is 22.3 Å². The zero-order valence-electron chi connectivity index (χ0n) is 8.90. The number of amides is 3. The van der Waals surface area contributed by atoms with Crippen molar-refractivity contribution in [1.29, 1.82) is 0 Å². The Balaban J connectivity index is 2.36. The summed E-state index contributed by atoms with van der Waals surface area (Å²) in [7, 11) is 0. The number of nitrogens with zero attached hydrogens (tertiary/aromatic N) is 1. The highest BCUT2D eigenvalue weighted by atomic mass is 32.1. The predicted octanol–water partition coefficient (Wildman–Crippen LogP) is 1.70. The Kier molecular flexibility index (Phi) is 2.55. The first-order valence-corrected chi connectivity index (χ1v) is 5.81. The minimum atomic E-state index is -0.930. The summed E-state index contributed by atoms with van der Waals surface area (Å²) in [4.78, 5) is 24.9. The van der Waals surface area contributed by atoms with Gasteiger partial charge >= 0.3 is 6.03 Å². The van der Waals surface area contributed by atoms with Crippen molar-refractivity contribution in [3.8, 4) is 0 Å². The van der Waals surface area contributed by atoms with Gasteiger partial charge in [-0.05, 0) is 29.3 Å². The molecule has 84 valence electrons. The van der Waals surface area contributed by atoms with Gasteiger partial charge in [-0.3, -0.25) is 9.69 Å². The van der Waals surface area contributed by atoms with Crippen LogP contribution in [0.2, 0.25) is 0 Å². The van der Waals surface area contributed by atoms with E-state index in [9.17, 15) is 9.59 Å². The molecule has 1 aromatic rings. The number of hydrogen-bond donors (Lipinski definition) is 1. The minimum Gasteiger partial charge on any atom is -0.319 e. The maximum Gasteiger partial charge on any atom is 0.325 e. The first-order chi connectivity index (χ1) is 7.59. The maximum atomic E-state index is 12.1. The highest BCUT2D eigenvalue weighted by molar-refractivity contribution is 7.08. The van der Waals surface area contributed by atoms with Gasteiger partial charge in [-0.2, -0.15) is 11.3 Å². The molecular formula is C11H12N2O2S. The van der Waals surface area contributed by atoms with Crippen molar-refractivity contribution in [2.75, 3.05) is 6.54 Å². The number of rotatable bonds is 3. The summed E-state index contributed by atoms with van der Waals surface area (Å²) in [6, 6.07) is 1.49. The van der Waals surface area contributed by atoms with E-state index >= 15 is 0 Å². The molecular weight excluding hydrogens is 224 g/mol. The zero-order chi connectivity index (χ0) is 11.8. The van der Waals surface area contributed by atoms with Crippen LogP contribution in [0.3, 0.4) is 0 Å². The molecule has 0 aliphatic carbocycles. The molecule has 1 atom stereocenters. The molecule has 0 radical (unpaired) electrons. The lowest BCUT2D eigenvalue weighted by atomic mass is 9.95. The van der Waals surface area contributed by atoms with E-state index in [0.29, 0.717) is 0 Å². The third-order valence-electron chi connectivity index (χ3n) is 2.69. The maximum absolute atomic E-state index is 12.1. The molecule has 0 spiro atoms. The van der Waals surface area contributed by atoms with Crippen molar-refractivity contribution in [2.24, 2.45) is 0 Å². The van der Waals surface area contributed by atoms with Crippen LogP contribution < -0.4 is 5.32 Å². The zero-order valence-corrected chi connectivity index (χ0v) is 9.71. The van der Waals surface area contributed by atoms with E-state index in [0.717, 1.165) is 5.56 Å². The monoisotopic (exact) mass is 236 g/mol. The van der Waals surface area contributed by atoms with Gasteiger partial charge in [0.05, 0.1) is 0 Å². The lowest BCUT2D eigenvalue weighted by Crippen LogP contribution is -2.40. The Morgan fingerprint density at radius 3 is 2.94 bits per heavy atom. The van der Waals surface area contributed by atoms with E-state index < -0.39 is 5.54 Å².